The minimum atomic E-state index is -3.83. The fourth-order valence-electron chi connectivity index (χ4n) is 4.54. The molecule has 0 aliphatic carbocycles. The minimum Gasteiger partial charge on any atom is -0.497 e. The number of nitrogens with one attached hydrogen (secondary N) is 1. The smallest absolute Gasteiger partial charge is 0.322 e. The highest BCUT2D eigenvalue weighted by molar-refractivity contribution is 7.90. The molecule has 2 aromatic carbocycles. The van der Waals surface area contributed by atoms with Crippen LogP contribution in [0.4, 0.5) is 10.5 Å². The number of imidazole rings is 1. The molecule has 3 aromatic rings. The van der Waals surface area contributed by atoms with Crippen LogP contribution in [0.25, 0.3) is 0 Å². The maximum Gasteiger partial charge on any atom is 0.322 e. The zero-order valence-corrected chi connectivity index (χ0v) is 24.9. The number of carbonyl (C=O) groups excluding carboxylic acids is 1. The fourth-order valence-corrected chi connectivity index (χ4v) is 6.23. The molecule has 0 atom stereocenters. The second-order valence-electron chi connectivity index (χ2n) is 9.60. The van der Waals surface area contributed by atoms with Crippen molar-refractivity contribution in [2.75, 3.05) is 65.5 Å². The van der Waals surface area contributed by atoms with Crippen LogP contribution < -0.4 is 10.1 Å². The largest absolute Gasteiger partial charge is 0.497 e. The molecule has 1 aliphatic rings. The number of amides is 2. The summed E-state index contributed by atoms with van der Waals surface area (Å²) >= 11 is 6.12. The van der Waals surface area contributed by atoms with E-state index in [-0.39, 0.29) is 36.6 Å². The van der Waals surface area contributed by atoms with Crippen LogP contribution in [-0.2, 0) is 38.2 Å². The number of methoxy groups -OCH3 is 2. The van der Waals surface area contributed by atoms with Crippen molar-refractivity contribution in [2.24, 2.45) is 0 Å². The normalized spacial score (nSPS) is 14.1. The molecule has 2 amide bonds. The molecule has 1 aromatic heterocycles. The van der Waals surface area contributed by atoms with E-state index in [0.29, 0.717) is 54.0 Å². The van der Waals surface area contributed by atoms with Gasteiger partial charge in [0.25, 0.3) is 0 Å². The number of aromatic nitrogens is 2. The summed E-state index contributed by atoms with van der Waals surface area (Å²) in [4.78, 5) is 21.7. The summed E-state index contributed by atoms with van der Waals surface area (Å²) in [6.45, 7) is 4.57. The van der Waals surface area contributed by atoms with Crippen molar-refractivity contribution >= 4 is 33.2 Å². The Morgan fingerprint density at radius 2 is 1.90 bits per heavy atom. The van der Waals surface area contributed by atoms with Gasteiger partial charge in [-0.15, -0.1) is 0 Å². The Hall–Kier alpha value is -3.16. The second-order valence-corrected chi connectivity index (χ2v) is 11.9. The van der Waals surface area contributed by atoms with E-state index < -0.39 is 9.84 Å². The van der Waals surface area contributed by atoms with E-state index in [0.717, 1.165) is 13.1 Å². The molecule has 222 valence electrons. The van der Waals surface area contributed by atoms with Crippen LogP contribution in [0.1, 0.15) is 11.3 Å². The van der Waals surface area contributed by atoms with Crippen molar-refractivity contribution in [1.82, 2.24) is 19.4 Å². The Balaban J connectivity index is 1.59. The van der Waals surface area contributed by atoms with Crippen LogP contribution in [0.15, 0.2) is 59.9 Å². The molecule has 0 saturated carbocycles. The number of anilines is 1. The molecule has 11 nitrogen and oxygen atoms in total. The van der Waals surface area contributed by atoms with Gasteiger partial charge in [-0.2, -0.15) is 0 Å². The van der Waals surface area contributed by atoms with Crippen LogP contribution in [-0.4, -0.2) is 94.0 Å². The first-order chi connectivity index (χ1) is 19.8. The number of sulfone groups is 1. The average Bonchev–Trinajstić information content (AvgIpc) is 3.37. The number of rotatable bonds is 13. The van der Waals surface area contributed by atoms with Gasteiger partial charge in [0, 0.05) is 50.5 Å². The average molecular weight is 606 g/mol. The third-order valence-corrected chi connectivity index (χ3v) is 8.53. The van der Waals surface area contributed by atoms with Gasteiger partial charge in [0.1, 0.15) is 5.75 Å². The third kappa shape index (κ3) is 8.66. The van der Waals surface area contributed by atoms with Crippen molar-refractivity contribution < 1.29 is 27.4 Å². The number of halogens is 1. The quantitative estimate of drug-likeness (QED) is 0.315. The molecule has 13 heteroatoms. The van der Waals surface area contributed by atoms with Gasteiger partial charge in [-0.3, -0.25) is 4.90 Å². The lowest BCUT2D eigenvalue weighted by atomic mass is 10.2. The van der Waals surface area contributed by atoms with Crippen molar-refractivity contribution in [3.8, 4) is 5.75 Å². The molecule has 0 radical (unpaired) electrons. The van der Waals surface area contributed by atoms with Gasteiger partial charge in [0.05, 0.1) is 51.1 Å². The number of ether oxygens (including phenoxy) is 3. The molecular weight excluding hydrogens is 570 g/mol. The fraction of sp³-hybridized carbons (Fsp3) is 0.429. The Bertz CT molecular complexity index is 1410. The van der Waals surface area contributed by atoms with E-state index in [1.165, 1.54) is 13.3 Å². The topological polar surface area (TPSA) is 115 Å². The van der Waals surface area contributed by atoms with Crippen molar-refractivity contribution in [3.05, 3.63) is 71.0 Å². The van der Waals surface area contributed by atoms with E-state index >= 15 is 0 Å². The van der Waals surface area contributed by atoms with Gasteiger partial charge >= 0.3 is 6.03 Å². The summed E-state index contributed by atoms with van der Waals surface area (Å²) in [7, 11) is -0.750. The van der Waals surface area contributed by atoms with E-state index in [2.05, 4.69) is 15.2 Å². The summed E-state index contributed by atoms with van der Waals surface area (Å²) in [5.74, 6) is 0.326. The molecule has 2 heterocycles. The highest BCUT2D eigenvalue weighted by Gasteiger charge is 2.26. The first-order valence-electron chi connectivity index (χ1n) is 13.3. The predicted molar refractivity (Wildman–Crippen MR) is 156 cm³/mol. The van der Waals surface area contributed by atoms with Gasteiger partial charge < -0.3 is 29.0 Å². The van der Waals surface area contributed by atoms with Gasteiger partial charge in [-0.25, -0.2) is 18.2 Å². The van der Waals surface area contributed by atoms with E-state index in [9.17, 15) is 13.2 Å². The van der Waals surface area contributed by atoms with Crippen LogP contribution in [0.3, 0.4) is 0 Å². The molecule has 0 unspecified atom stereocenters. The van der Waals surface area contributed by atoms with Gasteiger partial charge in [0.2, 0.25) is 15.0 Å². The molecule has 0 bridgehead atoms. The van der Waals surface area contributed by atoms with E-state index in [1.807, 2.05) is 0 Å². The minimum absolute atomic E-state index is 0.0734. The standard InChI is InChI=1S/C28H36ClN5O6S/c1-38-14-13-34-25(19-30-28(34)41(36,37)21-22-5-3-8-26(17-22)39-2)20-33(10-9-32-11-15-40-16-12-32)27(35)31-24-7-4-6-23(29)18-24/h3-8,17-19H,9-16,20-21H2,1-2H3,(H,31,35). The summed E-state index contributed by atoms with van der Waals surface area (Å²) in [5.41, 5.74) is 1.73. The van der Waals surface area contributed by atoms with E-state index in [1.54, 1.807) is 65.1 Å². The number of urea groups is 1. The first kappa shape index (κ1) is 30.8. The van der Waals surface area contributed by atoms with Gasteiger partial charge in [0.15, 0.2) is 0 Å². The van der Waals surface area contributed by atoms with Gasteiger partial charge in [-0.05, 0) is 35.9 Å². The molecular formula is C28H36ClN5O6S. The predicted octanol–water partition coefficient (Wildman–Crippen LogP) is 3.53. The lowest BCUT2D eigenvalue weighted by molar-refractivity contribution is 0.0348. The van der Waals surface area contributed by atoms with Crippen molar-refractivity contribution in [1.29, 1.82) is 0 Å². The first-order valence-corrected chi connectivity index (χ1v) is 15.3. The Morgan fingerprint density at radius 1 is 1.12 bits per heavy atom. The number of carbonyl (C=O) groups is 1. The Kier molecular flexibility index (Phi) is 11.0. The number of nitrogens with zero attached hydrogens (tertiary/aromatic N) is 4. The SMILES string of the molecule is COCCn1c(CN(CCN2CCOCC2)C(=O)Nc2cccc(Cl)c2)cnc1S(=O)(=O)Cc1cccc(OC)c1. The Morgan fingerprint density at radius 3 is 2.63 bits per heavy atom. The zero-order chi connectivity index (χ0) is 29.2. The summed E-state index contributed by atoms with van der Waals surface area (Å²) in [5, 5.41) is 3.34. The maximum atomic E-state index is 13.5. The highest BCUT2D eigenvalue weighted by atomic mass is 35.5. The molecule has 1 N–H and O–H groups in total. The molecule has 1 aliphatic heterocycles. The number of hydrogen-bond acceptors (Lipinski definition) is 8. The monoisotopic (exact) mass is 605 g/mol. The summed E-state index contributed by atoms with van der Waals surface area (Å²) in [6.07, 6.45) is 1.52. The molecule has 41 heavy (non-hydrogen) atoms. The number of benzene rings is 2. The lowest BCUT2D eigenvalue weighted by Gasteiger charge is -2.30. The van der Waals surface area contributed by atoms with Crippen LogP contribution >= 0.6 is 11.6 Å². The zero-order valence-electron chi connectivity index (χ0n) is 23.3. The van der Waals surface area contributed by atoms with Crippen LogP contribution in [0.5, 0.6) is 5.75 Å². The summed E-state index contributed by atoms with van der Waals surface area (Å²) in [6, 6.07) is 13.5. The molecule has 4 rings (SSSR count). The molecule has 0 spiro atoms. The highest BCUT2D eigenvalue weighted by Crippen LogP contribution is 2.22. The van der Waals surface area contributed by atoms with Crippen LogP contribution in [0.2, 0.25) is 5.02 Å². The third-order valence-electron chi connectivity index (χ3n) is 6.70. The molecule has 1 fully saturated rings. The number of morpholine rings is 1. The molecule has 1 saturated heterocycles. The summed E-state index contributed by atoms with van der Waals surface area (Å²) < 4.78 is 44.7. The maximum absolute atomic E-state index is 13.5. The number of hydrogen-bond donors (Lipinski definition) is 1. The van der Waals surface area contributed by atoms with Gasteiger partial charge in [-0.1, -0.05) is 29.8 Å². The van der Waals surface area contributed by atoms with E-state index in [4.69, 9.17) is 25.8 Å². The Labute approximate surface area is 245 Å². The lowest BCUT2D eigenvalue weighted by Crippen LogP contribution is -2.44. The van der Waals surface area contributed by atoms with Crippen molar-refractivity contribution in [2.45, 2.75) is 24.0 Å². The second kappa shape index (κ2) is 14.6. The van der Waals surface area contributed by atoms with Crippen LogP contribution in [0, 0.1) is 0 Å². The van der Waals surface area contributed by atoms with Crippen molar-refractivity contribution in [3.63, 3.8) is 0 Å².